The molecule has 146 valence electrons. The van der Waals surface area contributed by atoms with Gasteiger partial charge in [-0.05, 0) is 44.9 Å². The molecule has 0 saturated carbocycles. The number of carbonyl (C=O) groups is 1. The van der Waals surface area contributed by atoms with Gasteiger partial charge in [0.1, 0.15) is 17.6 Å². The van der Waals surface area contributed by atoms with Crippen LogP contribution in [0.15, 0.2) is 46.1 Å². The van der Waals surface area contributed by atoms with Gasteiger partial charge in [0.2, 0.25) is 0 Å². The number of aliphatic imine (C=N–C) groups is 1. The molecule has 0 spiro atoms. The number of guanidine groups is 1. The number of rotatable bonds is 6. The predicted molar refractivity (Wildman–Crippen MR) is 105 cm³/mol. The van der Waals surface area contributed by atoms with Gasteiger partial charge >= 0.3 is 6.09 Å². The minimum atomic E-state index is -0.518. The maximum Gasteiger partial charge on any atom is 0.412 e. The summed E-state index contributed by atoms with van der Waals surface area (Å²) in [7, 11) is 1.72. The molecule has 2 aromatic rings. The normalized spacial score (nSPS) is 11.8. The first kappa shape index (κ1) is 20.3. The van der Waals surface area contributed by atoms with Gasteiger partial charge < -0.3 is 19.9 Å². The Hall–Kier alpha value is -3.03. The van der Waals surface area contributed by atoms with Gasteiger partial charge in [0, 0.05) is 25.3 Å². The summed E-state index contributed by atoms with van der Waals surface area (Å²) in [6, 6.07) is 9.46. The van der Waals surface area contributed by atoms with Crippen molar-refractivity contribution in [1.29, 1.82) is 0 Å². The van der Waals surface area contributed by atoms with Crippen LogP contribution in [0.2, 0.25) is 0 Å². The molecule has 8 heteroatoms. The lowest BCUT2D eigenvalue weighted by molar-refractivity contribution is 0.0636. The summed E-state index contributed by atoms with van der Waals surface area (Å²) in [5.74, 6) is 0.696. The van der Waals surface area contributed by atoms with Crippen molar-refractivity contribution in [3.05, 3.63) is 47.9 Å². The molecule has 0 aliphatic heterocycles. The number of carbonyl (C=O) groups excluding carboxylic acids is 1. The molecule has 0 saturated heterocycles. The zero-order valence-electron chi connectivity index (χ0n) is 16.2. The number of ether oxygens (including phenoxy) is 1. The average Bonchev–Trinajstić information content (AvgIpc) is 3.11. The van der Waals surface area contributed by atoms with Crippen LogP contribution in [0, 0.1) is 0 Å². The summed E-state index contributed by atoms with van der Waals surface area (Å²) in [5, 5.41) is 13.0. The van der Waals surface area contributed by atoms with E-state index in [9.17, 15) is 4.79 Å². The van der Waals surface area contributed by atoms with Crippen molar-refractivity contribution < 1.29 is 14.1 Å². The second-order valence-electron chi connectivity index (χ2n) is 6.92. The molecule has 0 aliphatic rings. The SMILES string of the molecule is CN=C(NCCc1ccc(NC(=O)OC(C)(C)C)cc1)NCc1ccon1. The van der Waals surface area contributed by atoms with Crippen LogP contribution in [-0.4, -0.2) is 36.4 Å². The molecule has 3 N–H and O–H groups in total. The van der Waals surface area contributed by atoms with E-state index in [2.05, 4.69) is 26.1 Å². The number of benzene rings is 1. The molecule has 1 heterocycles. The second-order valence-corrected chi connectivity index (χ2v) is 6.92. The molecule has 1 aromatic heterocycles. The molecule has 1 amide bonds. The van der Waals surface area contributed by atoms with Gasteiger partial charge in [0.05, 0.1) is 6.54 Å². The van der Waals surface area contributed by atoms with Crippen LogP contribution in [0.4, 0.5) is 10.5 Å². The summed E-state index contributed by atoms with van der Waals surface area (Å²) in [4.78, 5) is 15.9. The molecule has 0 bridgehead atoms. The first-order chi connectivity index (χ1) is 12.9. The molecule has 8 nitrogen and oxygen atoms in total. The van der Waals surface area contributed by atoms with E-state index in [4.69, 9.17) is 9.26 Å². The van der Waals surface area contributed by atoms with E-state index in [0.717, 1.165) is 24.2 Å². The Morgan fingerprint density at radius 2 is 1.93 bits per heavy atom. The fourth-order valence-electron chi connectivity index (χ4n) is 2.23. The quantitative estimate of drug-likeness (QED) is 0.532. The molecule has 1 aromatic carbocycles. The number of aromatic nitrogens is 1. The largest absolute Gasteiger partial charge is 0.444 e. The van der Waals surface area contributed by atoms with Gasteiger partial charge in [-0.3, -0.25) is 10.3 Å². The number of hydrogen-bond donors (Lipinski definition) is 3. The van der Waals surface area contributed by atoms with Gasteiger partial charge in [0.15, 0.2) is 5.96 Å². The molecule has 0 atom stereocenters. The van der Waals surface area contributed by atoms with Crippen LogP contribution in [0.25, 0.3) is 0 Å². The Morgan fingerprint density at radius 3 is 2.52 bits per heavy atom. The number of hydrogen-bond acceptors (Lipinski definition) is 5. The summed E-state index contributed by atoms with van der Waals surface area (Å²) in [6.07, 6.45) is 1.89. The van der Waals surface area contributed by atoms with Crippen molar-refractivity contribution in [3.8, 4) is 0 Å². The van der Waals surface area contributed by atoms with Gasteiger partial charge in [-0.25, -0.2) is 4.79 Å². The fourth-order valence-corrected chi connectivity index (χ4v) is 2.23. The van der Waals surface area contributed by atoms with E-state index in [1.54, 1.807) is 13.1 Å². The Labute approximate surface area is 159 Å². The Morgan fingerprint density at radius 1 is 1.19 bits per heavy atom. The predicted octanol–water partition coefficient (Wildman–Crippen LogP) is 2.93. The van der Waals surface area contributed by atoms with Crippen molar-refractivity contribution in [2.24, 2.45) is 4.99 Å². The van der Waals surface area contributed by atoms with E-state index in [1.807, 2.05) is 45.0 Å². The van der Waals surface area contributed by atoms with Crippen LogP contribution in [-0.2, 0) is 17.7 Å². The van der Waals surface area contributed by atoms with E-state index in [1.165, 1.54) is 6.26 Å². The van der Waals surface area contributed by atoms with Gasteiger partial charge in [-0.2, -0.15) is 0 Å². The lowest BCUT2D eigenvalue weighted by Crippen LogP contribution is -2.37. The highest BCUT2D eigenvalue weighted by atomic mass is 16.6. The first-order valence-corrected chi connectivity index (χ1v) is 8.78. The maximum absolute atomic E-state index is 11.8. The zero-order chi connectivity index (χ0) is 19.7. The molecule has 27 heavy (non-hydrogen) atoms. The summed E-state index contributed by atoms with van der Waals surface area (Å²) >= 11 is 0. The van der Waals surface area contributed by atoms with Gasteiger partial charge in [0.25, 0.3) is 0 Å². The van der Waals surface area contributed by atoms with Crippen LogP contribution in [0.5, 0.6) is 0 Å². The molecule has 0 fully saturated rings. The third kappa shape index (κ3) is 7.81. The number of amides is 1. The summed E-state index contributed by atoms with van der Waals surface area (Å²) in [5.41, 5.74) is 2.14. The van der Waals surface area contributed by atoms with Crippen molar-refractivity contribution >= 4 is 17.7 Å². The topological polar surface area (TPSA) is 101 Å². The third-order valence-corrected chi connectivity index (χ3v) is 3.46. The van der Waals surface area contributed by atoms with Crippen molar-refractivity contribution in [2.75, 3.05) is 18.9 Å². The van der Waals surface area contributed by atoms with Crippen LogP contribution in [0.3, 0.4) is 0 Å². The molecular formula is C19H27N5O3. The second kappa shape index (κ2) is 9.61. The number of nitrogens with zero attached hydrogens (tertiary/aromatic N) is 2. The number of anilines is 1. The highest BCUT2D eigenvalue weighted by Crippen LogP contribution is 2.13. The fraction of sp³-hybridized carbons (Fsp3) is 0.421. The summed E-state index contributed by atoms with van der Waals surface area (Å²) in [6.45, 7) is 6.75. The van der Waals surface area contributed by atoms with Crippen molar-refractivity contribution in [1.82, 2.24) is 15.8 Å². The van der Waals surface area contributed by atoms with E-state index in [0.29, 0.717) is 18.2 Å². The van der Waals surface area contributed by atoms with Crippen molar-refractivity contribution in [3.63, 3.8) is 0 Å². The Kier molecular flexibility index (Phi) is 7.22. The lowest BCUT2D eigenvalue weighted by atomic mass is 10.1. The first-order valence-electron chi connectivity index (χ1n) is 8.78. The highest BCUT2D eigenvalue weighted by molar-refractivity contribution is 5.84. The Bertz CT molecular complexity index is 734. The summed E-state index contributed by atoms with van der Waals surface area (Å²) < 4.78 is 10.0. The van der Waals surface area contributed by atoms with E-state index >= 15 is 0 Å². The average molecular weight is 373 g/mol. The monoisotopic (exact) mass is 373 g/mol. The van der Waals surface area contributed by atoms with Gasteiger partial charge in [-0.1, -0.05) is 17.3 Å². The highest BCUT2D eigenvalue weighted by Gasteiger charge is 2.16. The van der Waals surface area contributed by atoms with Crippen LogP contribution < -0.4 is 16.0 Å². The van der Waals surface area contributed by atoms with Crippen LogP contribution in [0.1, 0.15) is 32.0 Å². The molecule has 0 unspecified atom stereocenters. The van der Waals surface area contributed by atoms with Crippen LogP contribution >= 0.6 is 0 Å². The molecule has 0 aliphatic carbocycles. The van der Waals surface area contributed by atoms with E-state index in [-0.39, 0.29) is 0 Å². The Balaban J connectivity index is 1.73. The number of nitrogens with one attached hydrogen (secondary N) is 3. The zero-order valence-corrected chi connectivity index (χ0v) is 16.2. The molecule has 2 rings (SSSR count). The molecule has 0 radical (unpaired) electrons. The minimum Gasteiger partial charge on any atom is -0.444 e. The van der Waals surface area contributed by atoms with E-state index < -0.39 is 11.7 Å². The van der Waals surface area contributed by atoms with Crippen molar-refractivity contribution in [2.45, 2.75) is 39.3 Å². The van der Waals surface area contributed by atoms with Gasteiger partial charge in [-0.15, -0.1) is 0 Å². The third-order valence-electron chi connectivity index (χ3n) is 3.46. The molecular weight excluding hydrogens is 346 g/mol. The standard InChI is InChI=1S/C19H27N5O3/c1-19(2,3)27-18(25)23-15-7-5-14(6-8-15)9-11-21-17(20-4)22-13-16-10-12-26-24-16/h5-8,10,12H,9,11,13H2,1-4H3,(H,23,25)(H2,20,21,22). The minimum absolute atomic E-state index is 0.459. The maximum atomic E-state index is 11.8. The smallest absolute Gasteiger partial charge is 0.412 e. The lowest BCUT2D eigenvalue weighted by Gasteiger charge is -2.19.